The van der Waals surface area contributed by atoms with E-state index in [4.69, 9.17) is 0 Å². The first-order valence-corrected chi connectivity index (χ1v) is 8.37. The Labute approximate surface area is 136 Å². The summed E-state index contributed by atoms with van der Waals surface area (Å²) in [5.74, 6) is -0.0605. The van der Waals surface area contributed by atoms with Crippen molar-refractivity contribution < 1.29 is 9.90 Å². The molecule has 0 saturated heterocycles. The van der Waals surface area contributed by atoms with Crippen LogP contribution >= 0.6 is 27.7 Å². The van der Waals surface area contributed by atoms with Crippen molar-refractivity contribution in [1.82, 2.24) is 0 Å². The fourth-order valence-corrected chi connectivity index (χ4v) is 3.26. The maximum atomic E-state index is 11.5. The summed E-state index contributed by atoms with van der Waals surface area (Å²) in [6, 6.07) is 13.4. The zero-order valence-corrected chi connectivity index (χ0v) is 14.0. The van der Waals surface area contributed by atoms with Crippen molar-refractivity contribution >= 4 is 39.3 Å². The Morgan fingerprint density at radius 3 is 2.67 bits per heavy atom. The summed E-state index contributed by atoms with van der Waals surface area (Å²) in [7, 11) is 0. The predicted molar refractivity (Wildman–Crippen MR) is 91.3 cm³/mol. The van der Waals surface area contributed by atoms with Crippen molar-refractivity contribution in [3.05, 3.63) is 58.1 Å². The molecule has 2 aromatic rings. The third kappa shape index (κ3) is 4.02. The standard InChI is InChI=1S/C16H16BrNO2S/c1-2-21-14-9-5-8-13(15(14)16(19)20)18-10-11-6-3-4-7-12(11)17/h3-9,18H,2,10H2,1H3,(H,19,20). The van der Waals surface area contributed by atoms with Gasteiger partial charge in [-0.25, -0.2) is 4.79 Å². The minimum absolute atomic E-state index is 0.344. The molecule has 2 aromatic carbocycles. The monoisotopic (exact) mass is 365 g/mol. The summed E-state index contributed by atoms with van der Waals surface area (Å²) in [6.45, 7) is 2.58. The molecule has 0 aliphatic heterocycles. The van der Waals surface area contributed by atoms with Crippen LogP contribution in [0.4, 0.5) is 5.69 Å². The van der Waals surface area contributed by atoms with E-state index in [0.717, 1.165) is 20.7 Å². The Morgan fingerprint density at radius 1 is 1.24 bits per heavy atom. The maximum Gasteiger partial charge on any atom is 0.338 e. The molecule has 3 nitrogen and oxygen atoms in total. The lowest BCUT2D eigenvalue weighted by Crippen LogP contribution is -2.08. The molecule has 0 bridgehead atoms. The molecule has 0 heterocycles. The first-order chi connectivity index (χ1) is 10.1. The molecule has 0 spiro atoms. The van der Waals surface area contributed by atoms with Crippen LogP contribution in [0.2, 0.25) is 0 Å². The number of hydrogen-bond donors (Lipinski definition) is 2. The van der Waals surface area contributed by atoms with Crippen LogP contribution in [0.25, 0.3) is 0 Å². The van der Waals surface area contributed by atoms with Crippen LogP contribution in [0.1, 0.15) is 22.8 Å². The van der Waals surface area contributed by atoms with Crippen LogP contribution in [-0.4, -0.2) is 16.8 Å². The molecule has 0 unspecified atom stereocenters. The zero-order chi connectivity index (χ0) is 15.2. The number of aromatic carboxylic acids is 1. The molecule has 0 fully saturated rings. The van der Waals surface area contributed by atoms with Crippen LogP contribution in [0.5, 0.6) is 0 Å². The molecule has 0 saturated carbocycles. The normalized spacial score (nSPS) is 10.4. The van der Waals surface area contributed by atoms with Crippen LogP contribution in [-0.2, 0) is 6.54 Å². The quantitative estimate of drug-likeness (QED) is 0.716. The van der Waals surface area contributed by atoms with E-state index in [1.54, 1.807) is 6.07 Å². The van der Waals surface area contributed by atoms with Gasteiger partial charge in [-0.1, -0.05) is 47.1 Å². The first kappa shape index (κ1) is 15.9. The second-order valence-electron chi connectivity index (χ2n) is 4.36. The molecule has 5 heteroatoms. The Balaban J connectivity index is 2.25. The van der Waals surface area contributed by atoms with Crippen LogP contribution < -0.4 is 5.32 Å². The van der Waals surface area contributed by atoms with Gasteiger partial charge in [-0.05, 0) is 29.5 Å². The number of hydrogen-bond acceptors (Lipinski definition) is 3. The van der Waals surface area contributed by atoms with E-state index >= 15 is 0 Å². The van der Waals surface area contributed by atoms with Gasteiger partial charge in [0, 0.05) is 15.9 Å². The first-order valence-electron chi connectivity index (χ1n) is 6.60. The van der Waals surface area contributed by atoms with Crippen molar-refractivity contribution in [2.45, 2.75) is 18.4 Å². The van der Waals surface area contributed by atoms with Gasteiger partial charge in [0.25, 0.3) is 0 Å². The molecule has 0 aromatic heterocycles. The molecule has 0 atom stereocenters. The van der Waals surface area contributed by atoms with E-state index in [1.165, 1.54) is 11.8 Å². The van der Waals surface area contributed by atoms with Gasteiger partial charge >= 0.3 is 5.97 Å². The molecule has 0 radical (unpaired) electrons. The highest BCUT2D eigenvalue weighted by Crippen LogP contribution is 2.29. The van der Waals surface area contributed by atoms with Crippen molar-refractivity contribution in [2.24, 2.45) is 0 Å². The van der Waals surface area contributed by atoms with E-state index in [0.29, 0.717) is 17.8 Å². The van der Waals surface area contributed by atoms with Crippen molar-refractivity contribution in [3.63, 3.8) is 0 Å². The molecule has 2 N–H and O–H groups in total. The predicted octanol–water partition coefficient (Wildman–Crippen LogP) is 4.87. The van der Waals surface area contributed by atoms with Gasteiger partial charge in [0.05, 0.1) is 11.3 Å². The van der Waals surface area contributed by atoms with E-state index in [2.05, 4.69) is 21.2 Å². The highest BCUT2D eigenvalue weighted by atomic mass is 79.9. The summed E-state index contributed by atoms with van der Waals surface area (Å²) < 4.78 is 1.01. The largest absolute Gasteiger partial charge is 0.478 e. The number of halogens is 1. The van der Waals surface area contributed by atoms with Crippen molar-refractivity contribution in [1.29, 1.82) is 0 Å². The molecular formula is C16H16BrNO2S. The fraction of sp³-hybridized carbons (Fsp3) is 0.188. The maximum absolute atomic E-state index is 11.5. The second kappa shape index (κ2) is 7.52. The number of thioether (sulfide) groups is 1. The van der Waals surface area contributed by atoms with E-state index in [1.807, 2.05) is 43.3 Å². The SMILES string of the molecule is CCSc1cccc(NCc2ccccc2Br)c1C(=O)O. The van der Waals surface area contributed by atoms with Gasteiger partial charge in [0.2, 0.25) is 0 Å². The van der Waals surface area contributed by atoms with E-state index in [9.17, 15) is 9.90 Å². The number of rotatable bonds is 6. The summed E-state index contributed by atoms with van der Waals surface area (Å²) in [6.07, 6.45) is 0. The van der Waals surface area contributed by atoms with Crippen molar-refractivity contribution in [2.75, 3.05) is 11.1 Å². The topological polar surface area (TPSA) is 49.3 Å². The molecule has 110 valence electrons. The van der Waals surface area contributed by atoms with Crippen LogP contribution in [0.3, 0.4) is 0 Å². The fourth-order valence-electron chi connectivity index (χ4n) is 2.01. The summed E-state index contributed by atoms with van der Waals surface area (Å²) in [5.41, 5.74) is 2.08. The summed E-state index contributed by atoms with van der Waals surface area (Å²) in [5, 5.41) is 12.7. The average Bonchev–Trinajstić information content (AvgIpc) is 2.46. The third-order valence-electron chi connectivity index (χ3n) is 2.97. The van der Waals surface area contributed by atoms with E-state index in [-0.39, 0.29) is 0 Å². The van der Waals surface area contributed by atoms with E-state index < -0.39 is 5.97 Å². The van der Waals surface area contributed by atoms with Gasteiger partial charge in [-0.15, -0.1) is 11.8 Å². The number of anilines is 1. The van der Waals surface area contributed by atoms with Gasteiger partial charge in [0.1, 0.15) is 0 Å². The molecule has 21 heavy (non-hydrogen) atoms. The minimum Gasteiger partial charge on any atom is -0.478 e. The molecular weight excluding hydrogens is 350 g/mol. The van der Waals surface area contributed by atoms with Gasteiger partial charge in [0.15, 0.2) is 0 Å². The molecule has 0 amide bonds. The van der Waals surface area contributed by atoms with Gasteiger partial charge in [-0.2, -0.15) is 0 Å². The number of carbonyl (C=O) groups is 1. The molecule has 0 aliphatic carbocycles. The Hall–Kier alpha value is -1.46. The zero-order valence-electron chi connectivity index (χ0n) is 11.6. The Bertz CT molecular complexity index is 646. The van der Waals surface area contributed by atoms with Crippen molar-refractivity contribution in [3.8, 4) is 0 Å². The Kier molecular flexibility index (Phi) is 5.70. The second-order valence-corrected chi connectivity index (χ2v) is 6.52. The summed E-state index contributed by atoms with van der Waals surface area (Å²) in [4.78, 5) is 12.3. The molecule has 0 aliphatic rings. The van der Waals surface area contributed by atoms with Crippen LogP contribution in [0.15, 0.2) is 51.8 Å². The number of carboxylic acid groups (broad SMARTS) is 1. The lowest BCUT2D eigenvalue weighted by molar-refractivity contribution is 0.0694. The highest BCUT2D eigenvalue weighted by Gasteiger charge is 2.15. The lowest BCUT2D eigenvalue weighted by atomic mass is 10.1. The third-order valence-corrected chi connectivity index (χ3v) is 4.68. The lowest BCUT2D eigenvalue weighted by Gasteiger charge is -2.13. The van der Waals surface area contributed by atoms with Gasteiger partial charge < -0.3 is 10.4 Å². The Morgan fingerprint density at radius 2 is 2.00 bits per heavy atom. The summed E-state index contributed by atoms with van der Waals surface area (Å²) >= 11 is 5.04. The average molecular weight is 366 g/mol. The highest BCUT2D eigenvalue weighted by molar-refractivity contribution is 9.10. The molecule has 2 rings (SSSR count). The number of carboxylic acids is 1. The smallest absolute Gasteiger partial charge is 0.338 e. The number of benzene rings is 2. The number of nitrogens with one attached hydrogen (secondary N) is 1. The van der Waals surface area contributed by atoms with Gasteiger partial charge in [-0.3, -0.25) is 0 Å². The minimum atomic E-state index is -0.902. The van der Waals surface area contributed by atoms with Crippen LogP contribution in [0, 0.1) is 0 Å².